The van der Waals surface area contributed by atoms with Crippen LogP contribution in [0.1, 0.15) is 23.5 Å². The van der Waals surface area contributed by atoms with E-state index in [9.17, 15) is 24.5 Å². The van der Waals surface area contributed by atoms with Gasteiger partial charge in [0.15, 0.2) is 0 Å². The predicted octanol–water partition coefficient (Wildman–Crippen LogP) is 2.80. The summed E-state index contributed by atoms with van der Waals surface area (Å²) in [4.78, 5) is 55.5. The maximum absolute atomic E-state index is 13.0. The Morgan fingerprint density at radius 2 is 1.94 bits per heavy atom. The fourth-order valence-electron chi connectivity index (χ4n) is 3.54. The predicted molar refractivity (Wildman–Crippen MR) is 124 cm³/mol. The van der Waals surface area contributed by atoms with E-state index in [-0.39, 0.29) is 40.9 Å². The lowest BCUT2D eigenvalue weighted by atomic mass is 9.92. The number of carbonyl (C=O) groups is 2. The summed E-state index contributed by atoms with van der Waals surface area (Å²) in [6.07, 6.45) is -0.274. The number of aromatic amines is 1. The molecular weight excluding hydrogens is 444 g/mol. The number of aromatic nitrogens is 2. The van der Waals surface area contributed by atoms with Crippen molar-refractivity contribution in [1.29, 1.82) is 0 Å². The minimum absolute atomic E-state index is 0.00688. The lowest BCUT2D eigenvalue weighted by molar-refractivity contribution is -0.384. The number of anilines is 4. The number of nitrogens with one attached hydrogen (secondary N) is 4. The van der Waals surface area contributed by atoms with Crippen molar-refractivity contribution < 1.29 is 19.2 Å². The zero-order chi connectivity index (χ0) is 24.4. The standard InChI is InChI=1S/C22H20N6O6/c1-11-3-5-12(6-4-11)23-22-26-19-18(21(31)27-22)14(10-17(29)25-19)20(30)24-15-8-7-13(28(32)33)9-16(15)34-2/h3-9,14H,10H2,1-2H3,(H,24,30)(H3,23,25,26,27,29,31)/t14-/m0/s1. The van der Waals surface area contributed by atoms with Gasteiger partial charge in [0.05, 0.1) is 35.3 Å². The quantitative estimate of drug-likeness (QED) is 0.319. The molecule has 0 bridgehead atoms. The average molecular weight is 464 g/mol. The number of H-pyrrole nitrogens is 1. The smallest absolute Gasteiger partial charge is 0.273 e. The highest BCUT2D eigenvalue weighted by Crippen LogP contribution is 2.33. The molecule has 2 aromatic carbocycles. The van der Waals surface area contributed by atoms with Crippen LogP contribution in [0.4, 0.5) is 28.8 Å². The summed E-state index contributed by atoms with van der Waals surface area (Å²) in [6.45, 7) is 1.94. The molecular formula is C22H20N6O6. The number of methoxy groups -OCH3 is 1. The highest BCUT2D eigenvalue weighted by molar-refractivity contribution is 6.05. The summed E-state index contributed by atoms with van der Waals surface area (Å²) in [5.74, 6) is -2.13. The maximum Gasteiger partial charge on any atom is 0.273 e. The first-order valence-electron chi connectivity index (χ1n) is 10.2. The highest BCUT2D eigenvalue weighted by atomic mass is 16.6. The zero-order valence-electron chi connectivity index (χ0n) is 18.2. The molecule has 0 fully saturated rings. The molecule has 1 aliphatic rings. The Bertz CT molecular complexity index is 1350. The molecule has 4 rings (SSSR count). The number of non-ortho nitro benzene ring substituents is 1. The van der Waals surface area contributed by atoms with Crippen LogP contribution >= 0.6 is 0 Å². The number of nitro benzene ring substituents is 1. The van der Waals surface area contributed by atoms with Crippen LogP contribution in [-0.4, -0.2) is 33.8 Å². The van der Waals surface area contributed by atoms with Crippen LogP contribution in [0.15, 0.2) is 47.3 Å². The van der Waals surface area contributed by atoms with Crippen molar-refractivity contribution in [2.45, 2.75) is 19.3 Å². The Balaban J connectivity index is 1.63. The third kappa shape index (κ3) is 4.55. The normalized spacial score (nSPS) is 14.5. The second kappa shape index (κ2) is 9.02. The average Bonchev–Trinajstić information content (AvgIpc) is 2.79. The van der Waals surface area contributed by atoms with Crippen molar-refractivity contribution in [2.75, 3.05) is 23.1 Å². The van der Waals surface area contributed by atoms with Crippen molar-refractivity contribution in [3.05, 3.63) is 74.1 Å². The van der Waals surface area contributed by atoms with Crippen molar-refractivity contribution in [3.8, 4) is 5.75 Å². The third-order valence-corrected chi connectivity index (χ3v) is 5.24. The van der Waals surface area contributed by atoms with E-state index in [2.05, 4.69) is 25.9 Å². The second-order valence-electron chi connectivity index (χ2n) is 7.60. The highest BCUT2D eigenvalue weighted by Gasteiger charge is 2.35. The lowest BCUT2D eigenvalue weighted by Crippen LogP contribution is -2.36. The molecule has 1 atom stereocenters. The molecule has 0 aliphatic carbocycles. The van der Waals surface area contributed by atoms with Crippen molar-refractivity contribution >= 4 is 40.6 Å². The van der Waals surface area contributed by atoms with E-state index in [0.29, 0.717) is 5.69 Å². The molecule has 34 heavy (non-hydrogen) atoms. The Morgan fingerprint density at radius 1 is 1.21 bits per heavy atom. The number of rotatable bonds is 6. The van der Waals surface area contributed by atoms with Gasteiger partial charge in [0.25, 0.3) is 11.2 Å². The molecule has 2 amide bonds. The fraction of sp³-hybridized carbons (Fsp3) is 0.182. The molecule has 0 saturated carbocycles. The van der Waals surface area contributed by atoms with Gasteiger partial charge in [0.2, 0.25) is 17.8 Å². The van der Waals surface area contributed by atoms with E-state index in [4.69, 9.17) is 4.74 Å². The lowest BCUT2D eigenvalue weighted by Gasteiger charge is -2.24. The molecule has 2 heterocycles. The van der Waals surface area contributed by atoms with Crippen LogP contribution in [0.5, 0.6) is 5.75 Å². The van der Waals surface area contributed by atoms with Crippen LogP contribution in [0.2, 0.25) is 0 Å². The van der Waals surface area contributed by atoms with Gasteiger partial charge in [-0.05, 0) is 25.1 Å². The van der Waals surface area contributed by atoms with Crippen LogP contribution in [0, 0.1) is 17.0 Å². The summed E-state index contributed by atoms with van der Waals surface area (Å²) >= 11 is 0. The fourth-order valence-corrected chi connectivity index (χ4v) is 3.54. The van der Waals surface area contributed by atoms with Crippen LogP contribution < -0.4 is 26.2 Å². The van der Waals surface area contributed by atoms with Gasteiger partial charge in [0.1, 0.15) is 11.6 Å². The van der Waals surface area contributed by atoms with E-state index in [1.807, 2.05) is 19.1 Å². The van der Waals surface area contributed by atoms with Gasteiger partial charge in [-0.1, -0.05) is 17.7 Å². The first-order valence-corrected chi connectivity index (χ1v) is 10.2. The van der Waals surface area contributed by atoms with E-state index in [1.165, 1.54) is 19.2 Å². The number of aryl methyl sites for hydroxylation is 1. The minimum atomic E-state index is -1.13. The molecule has 12 nitrogen and oxygen atoms in total. The summed E-state index contributed by atoms with van der Waals surface area (Å²) in [5.41, 5.74) is 1.10. The summed E-state index contributed by atoms with van der Waals surface area (Å²) < 4.78 is 5.13. The number of nitrogens with zero attached hydrogens (tertiary/aromatic N) is 2. The Hall–Kier alpha value is -4.74. The molecule has 3 aromatic rings. The van der Waals surface area contributed by atoms with E-state index in [0.717, 1.165) is 11.6 Å². The summed E-state index contributed by atoms with van der Waals surface area (Å²) in [7, 11) is 1.30. The molecule has 0 unspecified atom stereocenters. The Labute approximate surface area is 192 Å². The maximum atomic E-state index is 13.0. The number of ether oxygens (including phenoxy) is 1. The Morgan fingerprint density at radius 3 is 2.62 bits per heavy atom. The second-order valence-corrected chi connectivity index (χ2v) is 7.60. The number of benzene rings is 2. The monoisotopic (exact) mass is 464 g/mol. The van der Waals surface area contributed by atoms with E-state index < -0.39 is 28.2 Å². The molecule has 1 aromatic heterocycles. The first-order chi connectivity index (χ1) is 16.2. The number of fused-ring (bicyclic) bond motifs is 1. The molecule has 174 valence electrons. The number of nitro groups is 1. The number of hydrogen-bond donors (Lipinski definition) is 4. The Kier molecular flexibility index (Phi) is 5.95. The summed E-state index contributed by atoms with van der Waals surface area (Å²) in [5, 5.41) is 19.1. The van der Waals surface area contributed by atoms with Crippen molar-refractivity contribution in [3.63, 3.8) is 0 Å². The molecule has 0 saturated heterocycles. The SMILES string of the molecule is COc1cc([N+](=O)[O-])ccc1NC(=O)[C@H]1CC(=O)Nc2nc(Nc3ccc(C)cc3)[nH]c(=O)c21. The van der Waals surface area contributed by atoms with Gasteiger partial charge in [-0.15, -0.1) is 0 Å². The first kappa shape index (κ1) is 22.5. The topological polar surface area (TPSA) is 168 Å². The number of hydrogen-bond acceptors (Lipinski definition) is 8. The van der Waals surface area contributed by atoms with E-state index in [1.54, 1.807) is 12.1 Å². The van der Waals surface area contributed by atoms with Gasteiger partial charge in [0, 0.05) is 18.2 Å². The molecule has 0 radical (unpaired) electrons. The van der Waals surface area contributed by atoms with Gasteiger partial charge >= 0.3 is 0 Å². The van der Waals surface area contributed by atoms with Gasteiger partial charge in [-0.25, -0.2) is 0 Å². The molecule has 4 N–H and O–H groups in total. The molecule has 0 spiro atoms. The largest absolute Gasteiger partial charge is 0.494 e. The molecule has 12 heteroatoms. The zero-order valence-corrected chi connectivity index (χ0v) is 18.2. The van der Waals surface area contributed by atoms with E-state index >= 15 is 0 Å². The van der Waals surface area contributed by atoms with Crippen molar-refractivity contribution in [1.82, 2.24) is 9.97 Å². The number of amides is 2. The van der Waals surface area contributed by atoms with Crippen LogP contribution in [0.3, 0.4) is 0 Å². The van der Waals surface area contributed by atoms with Gasteiger partial charge in [-0.2, -0.15) is 4.98 Å². The van der Waals surface area contributed by atoms with Crippen molar-refractivity contribution in [2.24, 2.45) is 0 Å². The van der Waals surface area contributed by atoms with Crippen LogP contribution in [-0.2, 0) is 9.59 Å². The van der Waals surface area contributed by atoms with Gasteiger partial charge < -0.3 is 20.7 Å². The minimum Gasteiger partial charge on any atom is -0.494 e. The molecule has 1 aliphatic heterocycles. The van der Waals surface area contributed by atoms with Gasteiger partial charge in [-0.3, -0.25) is 29.5 Å². The number of carbonyl (C=O) groups excluding carboxylic acids is 2. The third-order valence-electron chi connectivity index (χ3n) is 5.24. The van der Waals surface area contributed by atoms with Crippen LogP contribution in [0.25, 0.3) is 0 Å². The summed E-state index contributed by atoms with van der Waals surface area (Å²) in [6, 6.07) is 11.1.